The molecule has 1 heterocycles. The van der Waals surface area contributed by atoms with Crippen molar-refractivity contribution in [1.29, 1.82) is 0 Å². The van der Waals surface area contributed by atoms with Gasteiger partial charge in [0, 0.05) is 15.7 Å². The summed E-state index contributed by atoms with van der Waals surface area (Å²) in [6.07, 6.45) is 0. The highest BCUT2D eigenvalue weighted by Crippen LogP contribution is 2.25. The summed E-state index contributed by atoms with van der Waals surface area (Å²) in [6, 6.07) is 5.63. The van der Waals surface area contributed by atoms with E-state index < -0.39 is 6.04 Å². The molecule has 0 bridgehead atoms. The summed E-state index contributed by atoms with van der Waals surface area (Å²) in [5, 5.41) is 9.05. The quantitative estimate of drug-likeness (QED) is 0.908. The number of hydrogen-bond acceptors (Lipinski definition) is 4. The first kappa shape index (κ1) is 14.0. The molecular formula is C13H13BrFN3O. The maximum absolute atomic E-state index is 13.8. The van der Waals surface area contributed by atoms with Crippen LogP contribution in [0.15, 0.2) is 28.7 Å². The van der Waals surface area contributed by atoms with Gasteiger partial charge in [0.25, 0.3) is 0 Å². The van der Waals surface area contributed by atoms with Crippen LogP contribution < -0.4 is 5.73 Å². The highest BCUT2D eigenvalue weighted by atomic mass is 79.9. The second kappa shape index (κ2) is 5.73. The van der Waals surface area contributed by atoms with Crippen LogP contribution in [0.2, 0.25) is 0 Å². The van der Waals surface area contributed by atoms with Gasteiger partial charge >= 0.3 is 0 Å². The third-order valence-corrected chi connectivity index (χ3v) is 3.10. The van der Waals surface area contributed by atoms with Gasteiger partial charge in [-0.05, 0) is 31.2 Å². The van der Waals surface area contributed by atoms with Crippen molar-refractivity contribution in [3.63, 3.8) is 0 Å². The highest BCUT2D eigenvalue weighted by Gasteiger charge is 2.13. The van der Waals surface area contributed by atoms with Crippen molar-refractivity contribution in [3.05, 3.63) is 46.1 Å². The number of aryl methyl sites for hydroxylation is 1. The lowest BCUT2D eigenvalue weighted by Crippen LogP contribution is -2.18. The Kier molecular flexibility index (Phi) is 4.24. The Bertz CT molecular complexity index is 606. The molecular weight excluding hydrogens is 313 g/mol. The van der Waals surface area contributed by atoms with Crippen molar-refractivity contribution in [2.24, 2.45) is 5.73 Å². The van der Waals surface area contributed by atoms with E-state index in [0.717, 1.165) is 4.47 Å². The van der Waals surface area contributed by atoms with Gasteiger partial charge in [0.15, 0.2) is 0 Å². The van der Waals surface area contributed by atoms with E-state index in [0.29, 0.717) is 22.8 Å². The normalized spacial score (nSPS) is 12.5. The van der Waals surface area contributed by atoms with E-state index in [-0.39, 0.29) is 12.4 Å². The van der Waals surface area contributed by atoms with E-state index in [1.165, 1.54) is 6.07 Å². The van der Waals surface area contributed by atoms with Crippen molar-refractivity contribution in [2.45, 2.75) is 13.0 Å². The molecule has 19 heavy (non-hydrogen) atoms. The number of aliphatic hydroxyl groups excluding tert-OH is 1. The number of nitrogens with zero attached hydrogens (tertiary/aromatic N) is 2. The van der Waals surface area contributed by atoms with Gasteiger partial charge in [-0.15, -0.1) is 0 Å². The number of benzene rings is 1. The molecule has 1 unspecified atom stereocenters. The summed E-state index contributed by atoms with van der Waals surface area (Å²) < 4.78 is 14.6. The van der Waals surface area contributed by atoms with Crippen LogP contribution in [-0.4, -0.2) is 21.7 Å². The summed E-state index contributed by atoms with van der Waals surface area (Å²) >= 11 is 3.30. The number of aliphatic hydroxyl groups is 1. The number of hydrogen-bond donors (Lipinski definition) is 2. The lowest BCUT2D eigenvalue weighted by molar-refractivity contribution is 0.263. The van der Waals surface area contributed by atoms with E-state index in [1.54, 1.807) is 25.1 Å². The summed E-state index contributed by atoms with van der Waals surface area (Å²) in [5.74, 6) is -0.0679. The van der Waals surface area contributed by atoms with Crippen LogP contribution in [0.3, 0.4) is 0 Å². The molecule has 6 heteroatoms. The first-order chi connectivity index (χ1) is 9.01. The van der Waals surface area contributed by atoms with Crippen molar-refractivity contribution < 1.29 is 9.50 Å². The number of rotatable bonds is 3. The van der Waals surface area contributed by atoms with Gasteiger partial charge in [-0.25, -0.2) is 14.4 Å². The highest BCUT2D eigenvalue weighted by molar-refractivity contribution is 9.10. The van der Waals surface area contributed by atoms with Crippen molar-refractivity contribution >= 4 is 15.9 Å². The van der Waals surface area contributed by atoms with Gasteiger partial charge in [-0.3, -0.25) is 0 Å². The number of halogens is 2. The Morgan fingerprint density at radius 1 is 1.37 bits per heavy atom. The minimum Gasteiger partial charge on any atom is -0.394 e. The molecule has 0 spiro atoms. The largest absolute Gasteiger partial charge is 0.394 e. The molecule has 0 saturated heterocycles. The Morgan fingerprint density at radius 3 is 2.79 bits per heavy atom. The summed E-state index contributed by atoms with van der Waals surface area (Å²) in [6.45, 7) is 1.51. The SMILES string of the molecule is Cc1cc(-c2cc(Br)ccc2F)nc(C(N)CO)n1. The molecule has 1 aromatic carbocycles. The van der Waals surface area contributed by atoms with Crippen LogP contribution in [0, 0.1) is 12.7 Å². The van der Waals surface area contributed by atoms with E-state index in [2.05, 4.69) is 25.9 Å². The minimum absolute atomic E-state index is 0.260. The second-order valence-electron chi connectivity index (χ2n) is 4.17. The lowest BCUT2D eigenvalue weighted by atomic mass is 10.1. The number of nitrogens with two attached hydrogens (primary N) is 1. The smallest absolute Gasteiger partial charge is 0.148 e. The number of aromatic nitrogens is 2. The van der Waals surface area contributed by atoms with Crippen LogP contribution >= 0.6 is 15.9 Å². The van der Waals surface area contributed by atoms with Crippen molar-refractivity contribution in [1.82, 2.24) is 9.97 Å². The van der Waals surface area contributed by atoms with Crippen molar-refractivity contribution in [2.75, 3.05) is 6.61 Å². The molecule has 4 nitrogen and oxygen atoms in total. The Hall–Kier alpha value is -1.37. The molecule has 3 N–H and O–H groups in total. The topological polar surface area (TPSA) is 72.0 Å². The Morgan fingerprint density at radius 2 is 2.11 bits per heavy atom. The predicted molar refractivity (Wildman–Crippen MR) is 73.9 cm³/mol. The average Bonchev–Trinajstić information content (AvgIpc) is 2.39. The van der Waals surface area contributed by atoms with Gasteiger partial charge in [0.05, 0.1) is 18.3 Å². The predicted octanol–water partition coefficient (Wildman–Crippen LogP) is 2.35. The standard InChI is InChI=1S/C13H13BrFN3O/c1-7-4-12(18-13(17-7)11(16)6-19)9-5-8(14)2-3-10(9)15/h2-5,11,19H,6,16H2,1H3. The molecule has 1 atom stereocenters. The monoisotopic (exact) mass is 325 g/mol. The van der Waals surface area contributed by atoms with Crippen molar-refractivity contribution in [3.8, 4) is 11.3 Å². The summed E-state index contributed by atoms with van der Waals surface area (Å²) in [4.78, 5) is 8.37. The molecule has 2 aromatic rings. The van der Waals surface area contributed by atoms with Crippen LogP contribution in [0.5, 0.6) is 0 Å². The molecule has 100 valence electrons. The summed E-state index contributed by atoms with van der Waals surface area (Å²) in [5.41, 5.74) is 7.19. The molecule has 0 aliphatic rings. The maximum Gasteiger partial charge on any atom is 0.148 e. The fourth-order valence-corrected chi connectivity index (χ4v) is 2.03. The van der Waals surface area contributed by atoms with E-state index >= 15 is 0 Å². The Balaban J connectivity index is 2.56. The third kappa shape index (κ3) is 3.15. The maximum atomic E-state index is 13.8. The first-order valence-electron chi connectivity index (χ1n) is 5.68. The molecule has 0 aliphatic heterocycles. The average molecular weight is 326 g/mol. The fourth-order valence-electron chi connectivity index (χ4n) is 1.67. The molecule has 0 fully saturated rings. The van der Waals surface area contributed by atoms with E-state index in [1.807, 2.05) is 0 Å². The van der Waals surface area contributed by atoms with Crippen LogP contribution in [0.4, 0.5) is 4.39 Å². The molecule has 0 amide bonds. The Labute approximate surface area is 118 Å². The first-order valence-corrected chi connectivity index (χ1v) is 6.48. The fraction of sp³-hybridized carbons (Fsp3) is 0.231. The lowest BCUT2D eigenvalue weighted by Gasteiger charge is -2.11. The van der Waals surface area contributed by atoms with Gasteiger partial charge in [-0.2, -0.15) is 0 Å². The molecule has 1 aromatic heterocycles. The van der Waals surface area contributed by atoms with Crippen LogP contribution in [0.25, 0.3) is 11.3 Å². The molecule has 0 radical (unpaired) electrons. The van der Waals surface area contributed by atoms with E-state index in [9.17, 15) is 4.39 Å². The minimum atomic E-state index is -0.672. The van der Waals surface area contributed by atoms with Gasteiger partial charge in [-0.1, -0.05) is 15.9 Å². The zero-order valence-corrected chi connectivity index (χ0v) is 11.9. The molecule has 2 rings (SSSR count). The van der Waals surface area contributed by atoms with Gasteiger partial charge < -0.3 is 10.8 Å². The van der Waals surface area contributed by atoms with Gasteiger partial charge in [0.2, 0.25) is 0 Å². The van der Waals surface area contributed by atoms with Crippen LogP contribution in [0.1, 0.15) is 17.6 Å². The zero-order chi connectivity index (χ0) is 14.0. The van der Waals surface area contributed by atoms with Crippen LogP contribution in [-0.2, 0) is 0 Å². The second-order valence-corrected chi connectivity index (χ2v) is 5.08. The molecule has 0 aliphatic carbocycles. The molecule has 0 saturated carbocycles. The van der Waals surface area contributed by atoms with Gasteiger partial charge in [0.1, 0.15) is 11.6 Å². The van der Waals surface area contributed by atoms with E-state index in [4.69, 9.17) is 10.8 Å². The zero-order valence-electron chi connectivity index (χ0n) is 10.3. The third-order valence-electron chi connectivity index (χ3n) is 2.60. The summed E-state index contributed by atoms with van der Waals surface area (Å²) in [7, 11) is 0.